The highest BCUT2D eigenvalue weighted by Gasteiger charge is 2.29. The number of nitrogens with zero attached hydrogens (tertiary/aromatic N) is 2. The zero-order chi connectivity index (χ0) is 12.4. The lowest BCUT2D eigenvalue weighted by Crippen LogP contribution is -2.49. The van der Waals surface area contributed by atoms with E-state index >= 15 is 0 Å². The summed E-state index contributed by atoms with van der Waals surface area (Å²) in [6.45, 7) is 1.53. The topological polar surface area (TPSA) is 53.1 Å². The smallest absolute Gasteiger partial charge is 0.0650 e. The van der Waals surface area contributed by atoms with Crippen LogP contribution in [0.2, 0.25) is 0 Å². The van der Waals surface area contributed by atoms with Crippen molar-refractivity contribution in [3.05, 3.63) is 18.0 Å². The predicted octanol–water partition coefficient (Wildman–Crippen LogP) is 2.05. The van der Waals surface area contributed by atoms with Crippen LogP contribution in [0.1, 0.15) is 50.3 Å². The monoisotopic (exact) mass is 249 g/mol. The molecule has 3 rings (SSSR count). The van der Waals surface area contributed by atoms with Crippen LogP contribution in [0.4, 0.5) is 0 Å². The second-order valence-electron chi connectivity index (χ2n) is 5.92. The van der Waals surface area contributed by atoms with E-state index in [1.807, 2.05) is 0 Å². The van der Waals surface area contributed by atoms with Crippen molar-refractivity contribution in [2.75, 3.05) is 13.2 Å². The summed E-state index contributed by atoms with van der Waals surface area (Å²) in [4.78, 5) is 0. The molecule has 0 spiro atoms. The van der Waals surface area contributed by atoms with Gasteiger partial charge in [-0.3, -0.25) is 4.68 Å². The molecule has 0 aromatic carbocycles. The van der Waals surface area contributed by atoms with Gasteiger partial charge >= 0.3 is 0 Å². The molecule has 2 fully saturated rings. The summed E-state index contributed by atoms with van der Waals surface area (Å²) in [6, 6.07) is 2.75. The zero-order valence-electron chi connectivity index (χ0n) is 11.0. The molecule has 1 aliphatic heterocycles. The van der Waals surface area contributed by atoms with E-state index in [4.69, 9.17) is 15.6 Å². The second-order valence-corrected chi connectivity index (χ2v) is 5.92. The first-order valence-electron chi connectivity index (χ1n) is 7.16. The van der Waals surface area contributed by atoms with Gasteiger partial charge in [-0.15, -0.1) is 0 Å². The van der Waals surface area contributed by atoms with Crippen molar-refractivity contribution in [3.63, 3.8) is 0 Å². The fraction of sp³-hybridized carbons (Fsp3) is 0.786. The van der Waals surface area contributed by atoms with Crippen LogP contribution >= 0.6 is 0 Å². The molecule has 2 heterocycles. The Bertz CT molecular complexity index is 389. The number of nitrogens with two attached hydrogens (primary N) is 1. The molecule has 4 heteroatoms. The summed E-state index contributed by atoms with van der Waals surface area (Å²) >= 11 is 0. The Morgan fingerprint density at radius 3 is 2.94 bits per heavy atom. The Labute approximate surface area is 108 Å². The van der Waals surface area contributed by atoms with Crippen molar-refractivity contribution in [2.45, 2.75) is 56.5 Å². The number of rotatable bonds is 3. The minimum atomic E-state index is -0.201. The molecule has 2 aliphatic rings. The van der Waals surface area contributed by atoms with Crippen LogP contribution in [0.3, 0.4) is 0 Å². The molecule has 1 saturated heterocycles. The lowest BCUT2D eigenvalue weighted by molar-refractivity contribution is 0.0377. The lowest BCUT2D eigenvalue weighted by Gasteiger charge is -2.32. The van der Waals surface area contributed by atoms with Crippen LogP contribution < -0.4 is 5.73 Å². The third-order valence-electron chi connectivity index (χ3n) is 4.25. The van der Waals surface area contributed by atoms with Gasteiger partial charge in [-0.2, -0.15) is 5.10 Å². The molecular formula is C14H23N3O. The average molecular weight is 249 g/mol. The Balaban J connectivity index is 1.65. The van der Waals surface area contributed by atoms with E-state index in [0.717, 1.165) is 31.6 Å². The van der Waals surface area contributed by atoms with Gasteiger partial charge in [0.2, 0.25) is 0 Å². The highest BCUT2D eigenvalue weighted by atomic mass is 16.5. The van der Waals surface area contributed by atoms with Crippen molar-refractivity contribution in [1.29, 1.82) is 0 Å². The van der Waals surface area contributed by atoms with Crippen LogP contribution in [0.5, 0.6) is 0 Å². The summed E-state index contributed by atoms with van der Waals surface area (Å²) in [7, 11) is 0. The fourth-order valence-electron chi connectivity index (χ4n) is 3.22. The van der Waals surface area contributed by atoms with Crippen LogP contribution in [0.25, 0.3) is 0 Å². The van der Waals surface area contributed by atoms with Crippen molar-refractivity contribution < 1.29 is 4.74 Å². The minimum absolute atomic E-state index is 0.201. The third-order valence-corrected chi connectivity index (χ3v) is 4.25. The van der Waals surface area contributed by atoms with E-state index < -0.39 is 0 Å². The van der Waals surface area contributed by atoms with Gasteiger partial charge in [-0.1, -0.05) is 12.8 Å². The van der Waals surface area contributed by atoms with Crippen LogP contribution in [0, 0.1) is 0 Å². The first-order chi connectivity index (χ1) is 8.75. The molecule has 0 radical (unpaired) electrons. The van der Waals surface area contributed by atoms with Crippen LogP contribution in [-0.2, 0) is 11.2 Å². The van der Waals surface area contributed by atoms with Crippen molar-refractivity contribution in [2.24, 2.45) is 5.73 Å². The van der Waals surface area contributed by atoms with E-state index in [9.17, 15) is 0 Å². The Morgan fingerprint density at radius 1 is 1.39 bits per heavy atom. The van der Waals surface area contributed by atoms with Gasteiger partial charge in [-0.25, -0.2) is 0 Å². The second kappa shape index (κ2) is 5.02. The van der Waals surface area contributed by atoms with Gasteiger partial charge in [0, 0.05) is 24.8 Å². The quantitative estimate of drug-likeness (QED) is 0.892. The maximum atomic E-state index is 6.38. The van der Waals surface area contributed by atoms with Crippen molar-refractivity contribution >= 4 is 0 Å². The van der Waals surface area contributed by atoms with E-state index in [1.165, 1.54) is 25.7 Å². The minimum Gasteiger partial charge on any atom is -0.380 e. The van der Waals surface area contributed by atoms with E-state index in [1.54, 1.807) is 0 Å². The third kappa shape index (κ3) is 2.59. The highest BCUT2D eigenvalue weighted by molar-refractivity contribution is 5.07. The molecule has 1 aliphatic carbocycles. The molecule has 1 aromatic rings. The first-order valence-corrected chi connectivity index (χ1v) is 7.16. The normalized spacial score (nSPS) is 29.8. The lowest BCUT2D eigenvalue weighted by atomic mass is 9.89. The molecule has 0 bridgehead atoms. The standard InChI is InChI=1S/C14H23N3O/c15-14(7-3-9-18-11-14)10-12-6-8-17(16-12)13-4-1-2-5-13/h6,8,13H,1-5,7,9-11,15H2. The summed E-state index contributed by atoms with van der Waals surface area (Å²) in [5.41, 5.74) is 7.30. The fourth-order valence-corrected chi connectivity index (χ4v) is 3.22. The predicted molar refractivity (Wildman–Crippen MR) is 70.4 cm³/mol. The summed E-state index contributed by atoms with van der Waals surface area (Å²) in [6.07, 6.45) is 10.3. The van der Waals surface area contributed by atoms with Crippen molar-refractivity contribution in [3.8, 4) is 0 Å². The largest absolute Gasteiger partial charge is 0.380 e. The maximum Gasteiger partial charge on any atom is 0.0650 e. The van der Waals surface area contributed by atoms with Gasteiger partial charge in [0.15, 0.2) is 0 Å². The maximum absolute atomic E-state index is 6.38. The Hall–Kier alpha value is -0.870. The summed E-state index contributed by atoms with van der Waals surface area (Å²) < 4.78 is 7.65. The van der Waals surface area contributed by atoms with Crippen LogP contribution in [-0.4, -0.2) is 28.5 Å². The molecule has 1 atom stereocenters. The molecule has 100 valence electrons. The molecule has 0 amide bonds. The van der Waals surface area contributed by atoms with Gasteiger partial charge < -0.3 is 10.5 Å². The first kappa shape index (κ1) is 12.2. The SMILES string of the molecule is NC1(Cc2ccn(C3CCCC3)n2)CCCOC1. The van der Waals surface area contributed by atoms with E-state index in [0.29, 0.717) is 12.6 Å². The molecule has 1 unspecified atom stereocenters. The highest BCUT2D eigenvalue weighted by Crippen LogP contribution is 2.29. The Morgan fingerprint density at radius 2 is 2.22 bits per heavy atom. The van der Waals surface area contributed by atoms with Crippen molar-refractivity contribution in [1.82, 2.24) is 9.78 Å². The average Bonchev–Trinajstić information content (AvgIpc) is 2.99. The Kier molecular flexibility index (Phi) is 3.39. The van der Waals surface area contributed by atoms with Gasteiger partial charge in [0.1, 0.15) is 0 Å². The number of hydrogen-bond donors (Lipinski definition) is 1. The number of aromatic nitrogens is 2. The summed E-state index contributed by atoms with van der Waals surface area (Å²) in [5, 5.41) is 4.71. The van der Waals surface area contributed by atoms with E-state index in [2.05, 4.69) is 16.9 Å². The number of hydrogen-bond acceptors (Lipinski definition) is 3. The molecular weight excluding hydrogens is 226 g/mol. The van der Waals surface area contributed by atoms with Gasteiger partial charge in [0.25, 0.3) is 0 Å². The van der Waals surface area contributed by atoms with Gasteiger partial charge in [0.05, 0.1) is 18.3 Å². The molecule has 1 aromatic heterocycles. The van der Waals surface area contributed by atoms with Crippen LogP contribution in [0.15, 0.2) is 12.3 Å². The molecule has 18 heavy (non-hydrogen) atoms. The number of ether oxygens (including phenoxy) is 1. The molecule has 2 N–H and O–H groups in total. The summed E-state index contributed by atoms with van der Waals surface area (Å²) in [5.74, 6) is 0. The zero-order valence-corrected chi connectivity index (χ0v) is 11.0. The van der Waals surface area contributed by atoms with Gasteiger partial charge in [-0.05, 0) is 31.7 Å². The molecule has 1 saturated carbocycles. The molecule has 4 nitrogen and oxygen atoms in total. The van der Waals surface area contributed by atoms with E-state index in [-0.39, 0.29) is 5.54 Å².